The highest BCUT2D eigenvalue weighted by atomic mass is 79.9. The third-order valence-corrected chi connectivity index (χ3v) is 4.55. The summed E-state index contributed by atoms with van der Waals surface area (Å²) in [6.45, 7) is 0. The molecule has 0 bridgehead atoms. The topological polar surface area (TPSA) is 32.9 Å². The highest BCUT2D eigenvalue weighted by Crippen LogP contribution is 2.31. The number of hydrogen-bond acceptors (Lipinski definition) is 1. The van der Waals surface area contributed by atoms with Gasteiger partial charge in [0.1, 0.15) is 0 Å². The SMILES string of the molecule is CS(=O)c1cc2ccc(Br)cc2cc1-c1ccc[nH]1. The Labute approximate surface area is 122 Å². The highest BCUT2D eigenvalue weighted by Gasteiger charge is 2.11. The summed E-state index contributed by atoms with van der Waals surface area (Å²) in [5.41, 5.74) is 1.99. The smallest absolute Gasteiger partial charge is 0.0505 e. The molecule has 0 spiro atoms. The summed E-state index contributed by atoms with van der Waals surface area (Å²) in [4.78, 5) is 4.04. The number of hydrogen-bond donors (Lipinski definition) is 1. The number of nitrogens with one attached hydrogen (secondary N) is 1. The molecule has 2 nitrogen and oxygen atoms in total. The van der Waals surface area contributed by atoms with Crippen molar-refractivity contribution in [2.45, 2.75) is 4.90 Å². The molecule has 4 heteroatoms. The van der Waals surface area contributed by atoms with E-state index in [2.05, 4.69) is 33.0 Å². The molecule has 0 fully saturated rings. The van der Waals surface area contributed by atoms with Crippen molar-refractivity contribution >= 4 is 37.5 Å². The van der Waals surface area contributed by atoms with Crippen molar-refractivity contribution in [3.63, 3.8) is 0 Å². The summed E-state index contributed by atoms with van der Waals surface area (Å²) in [6, 6.07) is 14.1. The van der Waals surface area contributed by atoms with Gasteiger partial charge in [-0.05, 0) is 47.2 Å². The molecule has 1 N–H and O–H groups in total. The van der Waals surface area contributed by atoms with E-state index in [0.717, 1.165) is 31.4 Å². The molecule has 0 radical (unpaired) electrons. The minimum Gasteiger partial charge on any atom is -0.361 e. The first kappa shape index (κ1) is 12.6. The Morgan fingerprint density at radius 3 is 2.63 bits per heavy atom. The number of benzene rings is 2. The van der Waals surface area contributed by atoms with Crippen molar-refractivity contribution in [1.82, 2.24) is 4.98 Å². The molecule has 0 saturated carbocycles. The third kappa shape index (κ3) is 2.38. The first-order valence-electron chi connectivity index (χ1n) is 5.85. The molecule has 0 amide bonds. The molecule has 3 rings (SSSR count). The summed E-state index contributed by atoms with van der Waals surface area (Å²) in [7, 11) is -1.02. The lowest BCUT2D eigenvalue weighted by Gasteiger charge is -2.09. The molecular weight excluding hydrogens is 322 g/mol. The molecule has 19 heavy (non-hydrogen) atoms. The van der Waals surface area contributed by atoms with Crippen molar-refractivity contribution in [2.24, 2.45) is 0 Å². The first-order valence-corrected chi connectivity index (χ1v) is 8.21. The molecule has 1 atom stereocenters. The van der Waals surface area contributed by atoms with Gasteiger partial charge in [-0.15, -0.1) is 0 Å². The molecule has 3 aromatic rings. The fourth-order valence-corrected chi connectivity index (χ4v) is 3.34. The van der Waals surface area contributed by atoms with Crippen LogP contribution in [0.1, 0.15) is 0 Å². The molecular formula is C15H12BrNOS. The molecule has 0 aliphatic carbocycles. The Balaban J connectivity index is 2.34. The van der Waals surface area contributed by atoms with E-state index in [4.69, 9.17) is 0 Å². The average Bonchev–Trinajstić information content (AvgIpc) is 2.90. The van der Waals surface area contributed by atoms with Gasteiger partial charge in [0.2, 0.25) is 0 Å². The maximum atomic E-state index is 12.0. The largest absolute Gasteiger partial charge is 0.361 e. The van der Waals surface area contributed by atoms with Crippen LogP contribution in [0.25, 0.3) is 22.0 Å². The Kier molecular flexibility index (Phi) is 3.29. The van der Waals surface area contributed by atoms with Crippen molar-refractivity contribution < 1.29 is 4.21 Å². The van der Waals surface area contributed by atoms with E-state index in [1.54, 1.807) is 6.26 Å². The van der Waals surface area contributed by atoms with Crippen LogP contribution in [0.5, 0.6) is 0 Å². The Morgan fingerprint density at radius 1 is 1.11 bits per heavy atom. The Bertz CT molecular complexity index is 765. The van der Waals surface area contributed by atoms with Crippen molar-refractivity contribution in [3.8, 4) is 11.3 Å². The minimum atomic E-state index is -1.02. The maximum Gasteiger partial charge on any atom is 0.0505 e. The number of H-pyrrole nitrogens is 1. The van der Waals surface area contributed by atoms with Crippen LogP contribution in [0.3, 0.4) is 0 Å². The minimum absolute atomic E-state index is 0.859. The number of aromatic amines is 1. The predicted octanol–water partition coefficient (Wildman–Crippen LogP) is 4.33. The molecule has 2 aromatic carbocycles. The zero-order chi connectivity index (χ0) is 13.4. The van der Waals surface area contributed by atoms with Gasteiger partial charge in [0.05, 0.1) is 10.8 Å². The van der Waals surface area contributed by atoms with Gasteiger partial charge < -0.3 is 4.98 Å². The second-order valence-electron chi connectivity index (χ2n) is 4.38. The van der Waals surface area contributed by atoms with Crippen molar-refractivity contribution in [2.75, 3.05) is 6.26 Å². The summed E-state index contributed by atoms with van der Waals surface area (Å²) >= 11 is 3.49. The summed E-state index contributed by atoms with van der Waals surface area (Å²) in [5, 5.41) is 2.23. The van der Waals surface area contributed by atoms with Crippen LogP contribution in [0.15, 0.2) is 58.0 Å². The molecule has 96 valence electrons. The molecule has 1 unspecified atom stereocenters. The fourth-order valence-electron chi connectivity index (χ4n) is 2.19. The number of aromatic nitrogens is 1. The van der Waals surface area contributed by atoms with Gasteiger partial charge in [-0.1, -0.05) is 22.0 Å². The zero-order valence-electron chi connectivity index (χ0n) is 10.3. The molecule has 0 aliphatic heterocycles. The zero-order valence-corrected chi connectivity index (χ0v) is 12.7. The van der Waals surface area contributed by atoms with Crippen LogP contribution in [0, 0.1) is 0 Å². The van der Waals surface area contributed by atoms with E-state index in [-0.39, 0.29) is 0 Å². The van der Waals surface area contributed by atoms with Gasteiger partial charge in [0.15, 0.2) is 0 Å². The van der Waals surface area contributed by atoms with Gasteiger partial charge in [-0.25, -0.2) is 0 Å². The van der Waals surface area contributed by atoms with E-state index in [1.807, 2.05) is 36.5 Å². The van der Waals surface area contributed by atoms with Crippen LogP contribution >= 0.6 is 15.9 Å². The molecule has 0 saturated heterocycles. The average molecular weight is 334 g/mol. The quantitative estimate of drug-likeness (QED) is 0.743. The summed E-state index contributed by atoms with van der Waals surface area (Å²) < 4.78 is 13.0. The van der Waals surface area contributed by atoms with E-state index >= 15 is 0 Å². The van der Waals surface area contributed by atoms with Gasteiger partial charge in [-0.2, -0.15) is 0 Å². The second kappa shape index (κ2) is 4.94. The van der Waals surface area contributed by atoms with Crippen LogP contribution in [-0.2, 0) is 10.8 Å². The third-order valence-electron chi connectivity index (χ3n) is 3.10. The maximum absolute atomic E-state index is 12.0. The molecule has 1 aromatic heterocycles. The molecule has 0 aliphatic rings. The summed E-state index contributed by atoms with van der Waals surface area (Å²) in [5.74, 6) is 0. The van der Waals surface area contributed by atoms with E-state index < -0.39 is 10.8 Å². The van der Waals surface area contributed by atoms with Gasteiger partial charge in [0, 0.05) is 33.1 Å². The lowest BCUT2D eigenvalue weighted by Crippen LogP contribution is -1.93. The Hall–Kier alpha value is -1.39. The van der Waals surface area contributed by atoms with Crippen LogP contribution < -0.4 is 0 Å². The van der Waals surface area contributed by atoms with Crippen LogP contribution in [-0.4, -0.2) is 15.4 Å². The first-order chi connectivity index (χ1) is 9.15. The van der Waals surface area contributed by atoms with Gasteiger partial charge in [-0.3, -0.25) is 4.21 Å². The van der Waals surface area contributed by atoms with Crippen LogP contribution in [0.4, 0.5) is 0 Å². The van der Waals surface area contributed by atoms with E-state index in [9.17, 15) is 4.21 Å². The number of fused-ring (bicyclic) bond motifs is 1. The van der Waals surface area contributed by atoms with E-state index in [1.165, 1.54) is 0 Å². The monoisotopic (exact) mass is 333 g/mol. The molecule has 1 heterocycles. The lowest BCUT2D eigenvalue weighted by molar-refractivity contribution is 0.687. The lowest BCUT2D eigenvalue weighted by atomic mass is 10.1. The highest BCUT2D eigenvalue weighted by molar-refractivity contribution is 9.10. The van der Waals surface area contributed by atoms with E-state index in [0.29, 0.717) is 0 Å². The summed E-state index contributed by atoms with van der Waals surface area (Å²) in [6.07, 6.45) is 3.59. The predicted molar refractivity (Wildman–Crippen MR) is 83.8 cm³/mol. The van der Waals surface area contributed by atoms with Crippen LogP contribution in [0.2, 0.25) is 0 Å². The van der Waals surface area contributed by atoms with Gasteiger partial charge in [0.25, 0.3) is 0 Å². The normalized spacial score (nSPS) is 12.7. The second-order valence-corrected chi connectivity index (χ2v) is 6.64. The van der Waals surface area contributed by atoms with Crippen molar-refractivity contribution in [3.05, 3.63) is 53.1 Å². The van der Waals surface area contributed by atoms with Crippen molar-refractivity contribution in [1.29, 1.82) is 0 Å². The number of rotatable bonds is 2. The standard InChI is InChI=1S/C15H12BrNOS/c1-19(18)15-9-10-4-5-12(16)7-11(10)8-13(15)14-3-2-6-17-14/h2-9,17H,1H3. The fraction of sp³-hybridized carbons (Fsp3) is 0.0667. The number of halogens is 1. The van der Waals surface area contributed by atoms with Gasteiger partial charge >= 0.3 is 0 Å². The Morgan fingerprint density at radius 2 is 1.95 bits per heavy atom.